The van der Waals surface area contributed by atoms with E-state index in [2.05, 4.69) is 87.3 Å². The Morgan fingerprint density at radius 3 is 2.70 bits per heavy atom. The van der Waals surface area contributed by atoms with E-state index in [4.69, 9.17) is 10.5 Å². The third-order valence-electron chi connectivity index (χ3n) is 7.55. The van der Waals surface area contributed by atoms with E-state index in [1.807, 2.05) is 0 Å². The predicted octanol–water partition coefficient (Wildman–Crippen LogP) is 2.21. The van der Waals surface area contributed by atoms with Gasteiger partial charge in [-0.15, -0.1) is 0 Å². The summed E-state index contributed by atoms with van der Waals surface area (Å²) < 4.78 is 9.32. The van der Waals surface area contributed by atoms with Gasteiger partial charge in [-0.05, 0) is 43.0 Å². The molecule has 0 aliphatic carbocycles. The van der Waals surface area contributed by atoms with Crippen LogP contribution in [-0.2, 0) is 22.5 Å². The van der Waals surface area contributed by atoms with E-state index < -0.39 is 30.4 Å². The molecule has 1 saturated heterocycles. The third-order valence-corrected chi connectivity index (χ3v) is 7.55. The van der Waals surface area contributed by atoms with Crippen LogP contribution >= 0.6 is 0 Å². The number of para-hydroxylation sites is 1. The van der Waals surface area contributed by atoms with Gasteiger partial charge >= 0.3 is 0 Å². The third kappa shape index (κ3) is 4.57. The summed E-state index contributed by atoms with van der Waals surface area (Å²) in [6.07, 6.45) is 0.592. The fourth-order valence-corrected chi connectivity index (χ4v) is 5.41. The SMILES string of the molecule is Cc1ccc(C)c(Cn2cc(CCNc3ncnc4c3ncn4[C@@H]3O[C@H](C(N)=O)[C@@H](O)[C@H]3O)c3ccccc32)c1. The second-order valence-electron chi connectivity index (χ2n) is 10.3. The van der Waals surface area contributed by atoms with Gasteiger partial charge in [0, 0.05) is 30.2 Å². The minimum Gasteiger partial charge on any atom is -0.387 e. The Kier molecular flexibility index (Phi) is 6.70. The zero-order chi connectivity index (χ0) is 28.0. The molecule has 40 heavy (non-hydrogen) atoms. The number of aliphatic hydroxyl groups is 2. The number of fused-ring (bicyclic) bond motifs is 2. The molecule has 6 rings (SSSR count). The van der Waals surface area contributed by atoms with E-state index in [9.17, 15) is 15.0 Å². The maximum Gasteiger partial charge on any atom is 0.249 e. The van der Waals surface area contributed by atoms with E-state index in [0.717, 1.165) is 13.0 Å². The second-order valence-corrected chi connectivity index (χ2v) is 10.3. The van der Waals surface area contributed by atoms with Crippen molar-refractivity contribution in [1.29, 1.82) is 0 Å². The molecular formula is C29H31N7O4. The topological polar surface area (TPSA) is 153 Å². The average Bonchev–Trinajstić information content (AvgIpc) is 3.61. The molecule has 1 fully saturated rings. The first-order valence-electron chi connectivity index (χ1n) is 13.2. The quantitative estimate of drug-likeness (QED) is 0.233. The van der Waals surface area contributed by atoms with Gasteiger partial charge in [-0.25, -0.2) is 15.0 Å². The molecule has 206 valence electrons. The number of nitrogens with two attached hydrogens (primary N) is 1. The number of carbonyl (C=O) groups excluding carboxylic acids is 1. The molecule has 11 nitrogen and oxygen atoms in total. The number of amides is 1. The number of nitrogens with one attached hydrogen (secondary N) is 1. The molecule has 11 heteroatoms. The van der Waals surface area contributed by atoms with Crippen LogP contribution in [0.1, 0.15) is 28.5 Å². The number of aromatic nitrogens is 5. The summed E-state index contributed by atoms with van der Waals surface area (Å²) in [5.41, 5.74) is 12.4. The number of nitrogens with zero attached hydrogens (tertiary/aromatic N) is 5. The Hall–Kier alpha value is -4.32. The smallest absolute Gasteiger partial charge is 0.249 e. The molecule has 0 spiro atoms. The molecule has 0 bridgehead atoms. The first kappa shape index (κ1) is 25.9. The summed E-state index contributed by atoms with van der Waals surface area (Å²) in [4.78, 5) is 24.7. The first-order chi connectivity index (χ1) is 19.3. The zero-order valence-electron chi connectivity index (χ0n) is 22.2. The molecule has 1 aliphatic heterocycles. The highest BCUT2D eigenvalue weighted by atomic mass is 16.6. The molecule has 2 aromatic carbocycles. The summed E-state index contributed by atoms with van der Waals surface area (Å²) in [5, 5.41) is 25.2. The lowest BCUT2D eigenvalue weighted by molar-refractivity contribution is -0.134. The van der Waals surface area contributed by atoms with Crippen molar-refractivity contribution in [2.75, 3.05) is 11.9 Å². The molecule has 0 unspecified atom stereocenters. The lowest BCUT2D eigenvalue weighted by Gasteiger charge is -2.16. The Balaban J connectivity index is 1.21. The van der Waals surface area contributed by atoms with Crippen LogP contribution in [0.15, 0.2) is 61.3 Å². The van der Waals surface area contributed by atoms with Gasteiger partial charge in [0.1, 0.15) is 18.5 Å². The number of rotatable bonds is 8. The van der Waals surface area contributed by atoms with Gasteiger partial charge in [0.25, 0.3) is 0 Å². The molecule has 0 saturated carbocycles. The van der Waals surface area contributed by atoms with E-state index >= 15 is 0 Å². The number of anilines is 1. The van der Waals surface area contributed by atoms with Crippen molar-refractivity contribution in [3.8, 4) is 0 Å². The summed E-state index contributed by atoms with van der Waals surface area (Å²) in [6.45, 7) is 5.66. The maximum atomic E-state index is 11.6. The zero-order valence-corrected chi connectivity index (χ0v) is 22.2. The number of aryl methyl sites for hydroxylation is 2. The summed E-state index contributed by atoms with van der Waals surface area (Å²) >= 11 is 0. The Bertz CT molecular complexity index is 1710. The van der Waals surface area contributed by atoms with E-state index in [-0.39, 0.29) is 0 Å². The fraction of sp³-hybridized carbons (Fsp3) is 0.310. The number of hydrogen-bond acceptors (Lipinski definition) is 8. The van der Waals surface area contributed by atoms with Crippen LogP contribution in [0.5, 0.6) is 0 Å². The number of aliphatic hydroxyl groups excluding tert-OH is 2. The molecule has 1 aliphatic rings. The Labute approximate surface area is 230 Å². The molecule has 4 atom stereocenters. The number of ether oxygens (including phenoxy) is 1. The standard InChI is InChI=1S/C29H31N7O4/c1-16-7-8-17(2)19(11-16)13-35-12-18(20-5-3-4-6-21(20)35)9-10-31-27-22-28(33-14-32-27)36(15-34-22)29-24(38)23(37)25(40-29)26(30)39/h3-8,11-12,14-15,23-25,29,37-38H,9-10,13H2,1-2H3,(H2,30,39)(H,31,32,33)/t23-,24+,25-,29+/m0/s1. The van der Waals surface area contributed by atoms with Crippen molar-refractivity contribution < 1.29 is 19.7 Å². The van der Waals surface area contributed by atoms with E-state index in [0.29, 0.717) is 23.5 Å². The second kappa shape index (κ2) is 10.3. The summed E-state index contributed by atoms with van der Waals surface area (Å²) in [7, 11) is 0. The van der Waals surface area contributed by atoms with Crippen LogP contribution in [0, 0.1) is 13.8 Å². The fourth-order valence-electron chi connectivity index (χ4n) is 5.41. The molecule has 1 amide bonds. The van der Waals surface area contributed by atoms with Crippen LogP contribution in [0.25, 0.3) is 22.1 Å². The van der Waals surface area contributed by atoms with E-state index in [1.54, 1.807) is 0 Å². The highest BCUT2D eigenvalue weighted by Gasteiger charge is 2.47. The summed E-state index contributed by atoms with van der Waals surface area (Å²) in [5.74, 6) is -0.326. The molecule has 0 radical (unpaired) electrons. The Morgan fingerprint density at radius 1 is 1.07 bits per heavy atom. The number of imidazole rings is 1. The van der Waals surface area contributed by atoms with Crippen molar-refractivity contribution in [1.82, 2.24) is 24.1 Å². The maximum absolute atomic E-state index is 11.6. The summed E-state index contributed by atoms with van der Waals surface area (Å²) in [6, 6.07) is 15.0. The molecular weight excluding hydrogens is 510 g/mol. The Morgan fingerprint density at radius 2 is 1.90 bits per heavy atom. The largest absolute Gasteiger partial charge is 0.387 e. The van der Waals surface area contributed by atoms with Gasteiger partial charge in [0.2, 0.25) is 5.91 Å². The first-order valence-corrected chi connectivity index (χ1v) is 13.2. The highest BCUT2D eigenvalue weighted by molar-refractivity contribution is 5.85. The molecule has 5 aromatic rings. The molecule has 5 N–H and O–H groups in total. The van der Waals surface area contributed by atoms with Crippen molar-refractivity contribution in [3.05, 3.63) is 83.6 Å². The van der Waals surface area contributed by atoms with Crippen LogP contribution in [-0.4, -0.2) is 65.1 Å². The van der Waals surface area contributed by atoms with Crippen molar-refractivity contribution in [2.24, 2.45) is 5.73 Å². The minimum atomic E-state index is -1.45. The van der Waals surface area contributed by atoms with Gasteiger partial charge in [-0.2, -0.15) is 0 Å². The van der Waals surface area contributed by atoms with Crippen LogP contribution in [0.4, 0.5) is 5.82 Å². The van der Waals surface area contributed by atoms with Gasteiger partial charge in [-0.3, -0.25) is 9.36 Å². The molecule has 4 heterocycles. The monoisotopic (exact) mass is 541 g/mol. The van der Waals surface area contributed by atoms with Gasteiger partial charge in [0.15, 0.2) is 29.3 Å². The lowest BCUT2D eigenvalue weighted by Crippen LogP contribution is -2.39. The number of hydrogen-bond donors (Lipinski definition) is 4. The molecule has 3 aromatic heterocycles. The predicted molar refractivity (Wildman–Crippen MR) is 150 cm³/mol. The number of carbonyl (C=O) groups is 1. The normalized spacial score (nSPS) is 20.9. The average molecular weight is 542 g/mol. The minimum absolute atomic E-state index is 0.393. The van der Waals surface area contributed by atoms with Crippen LogP contribution < -0.4 is 11.1 Å². The van der Waals surface area contributed by atoms with Crippen molar-refractivity contribution in [3.63, 3.8) is 0 Å². The number of benzene rings is 2. The highest BCUT2D eigenvalue weighted by Crippen LogP contribution is 2.32. The van der Waals surface area contributed by atoms with Crippen molar-refractivity contribution >= 4 is 33.8 Å². The lowest BCUT2D eigenvalue weighted by atomic mass is 10.1. The van der Waals surface area contributed by atoms with E-state index in [1.165, 1.54) is 50.4 Å². The van der Waals surface area contributed by atoms with Gasteiger partial charge in [-0.1, -0.05) is 42.0 Å². The van der Waals surface area contributed by atoms with Crippen LogP contribution in [0.3, 0.4) is 0 Å². The van der Waals surface area contributed by atoms with Crippen LogP contribution in [0.2, 0.25) is 0 Å². The van der Waals surface area contributed by atoms with Gasteiger partial charge in [0.05, 0.1) is 6.33 Å². The number of primary amides is 1. The van der Waals surface area contributed by atoms with Crippen molar-refractivity contribution in [2.45, 2.75) is 51.4 Å². The van der Waals surface area contributed by atoms with Gasteiger partial charge < -0.3 is 30.6 Å².